The largest absolute Gasteiger partial charge is 0.465 e. The Labute approximate surface area is 124 Å². The Hall–Kier alpha value is -1.01. The summed E-state index contributed by atoms with van der Waals surface area (Å²) in [5.74, 6) is -0.207. The minimum atomic E-state index is -1.04. The highest BCUT2D eigenvalue weighted by atomic mass is 35.5. The molecule has 20 heavy (non-hydrogen) atoms. The van der Waals surface area contributed by atoms with E-state index in [0.29, 0.717) is 32.4 Å². The van der Waals surface area contributed by atoms with Crippen molar-refractivity contribution in [3.05, 3.63) is 0 Å². The third-order valence-electron chi connectivity index (χ3n) is 3.71. The van der Waals surface area contributed by atoms with Gasteiger partial charge in [-0.3, -0.25) is 4.79 Å². The van der Waals surface area contributed by atoms with Crippen molar-refractivity contribution in [2.45, 2.75) is 44.1 Å². The van der Waals surface area contributed by atoms with Crippen molar-refractivity contribution in [3.63, 3.8) is 0 Å². The topological polar surface area (TPSA) is 81.1 Å². The molecule has 116 valence electrons. The van der Waals surface area contributed by atoms with E-state index in [4.69, 9.17) is 16.7 Å². The smallest absolute Gasteiger partial charge is 0.407 e. The summed E-state index contributed by atoms with van der Waals surface area (Å²) in [6, 6.07) is 0. The number of hydrogen-bond acceptors (Lipinski definition) is 3. The molecule has 0 aromatic carbocycles. The highest BCUT2D eigenvalue weighted by Crippen LogP contribution is 2.24. The fourth-order valence-electron chi connectivity index (χ4n) is 2.48. The molecule has 0 spiro atoms. The van der Waals surface area contributed by atoms with Gasteiger partial charge in [0, 0.05) is 26.2 Å². The van der Waals surface area contributed by atoms with E-state index in [0.717, 1.165) is 0 Å². The van der Waals surface area contributed by atoms with Crippen LogP contribution in [-0.4, -0.2) is 69.2 Å². The van der Waals surface area contributed by atoms with Crippen LogP contribution in [0.1, 0.15) is 33.1 Å². The number of nitrogens with zero attached hydrogens (tertiary/aromatic N) is 2. The van der Waals surface area contributed by atoms with Crippen LogP contribution in [0, 0.1) is 0 Å². The van der Waals surface area contributed by atoms with Crippen molar-refractivity contribution in [3.8, 4) is 0 Å². The molecule has 1 aliphatic rings. The summed E-state index contributed by atoms with van der Waals surface area (Å²) < 4.78 is 0. The molecule has 1 aliphatic heterocycles. The zero-order chi connectivity index (χ0) is 15.3. The second-order valence-electron chi connectivity index (χ2n) is 5.32. The van der Waals surface area contributed by atoms with Crippen LogP contribution in [0.5, 0.6) is 0 Å². The third-order valence-corrected chi connectivity index (χ3v) is 3.89. The number of rotatable bonds is 4. The van der Waals surface area contributed by atoms with E-state index in [1.165, 1.54) is 9.80 Å². The van der Waals surface area contributed by atoms with E-state index in [-0.39, 0.29) is 19.0 Å². The van der Waals surface area contributed by atoms with Gasteiger partial charge in [0.1, 0.15) is 5.38 Å². The van der Waals surface area contributed by atoms with Crippen molar-refractivity contribution in [2.24, 2.45) is 0 Å². The molecule has 1 rings (SSSR count). The second kappa shape index (κ2) is 7.13. The molecule has 0 aromatic rings. The molecule has 1 fully saturated rings. The molecule has 2 N–H and O–H groups in total. The van der Waals surface area contributed by atoms with Gasteiger partial charge in [0.2, 0.25) is 5.91 Å². The number of likely N-dealkylation sites (N-methyl/N-ethyl adjacent to an activating group) is 1. The van der Waals surface area contributed by atoms with Crippen molar-refractivity contribution in [1.29, 1.82) is 0 Å². The fourth-order valence-corrected chi connectivity index (χ4v) is 2.62. The summed E-state index contributed by atoms with van der Waals surface area (Å²) in [6.45, 7) is 4.82. The fraction of sp³-hybridized carbons (Fsp3) is 0.846. The van der Waals surface area contributed by atoms with Crippen LogP contribution in [0.2, 0.25) is 0 Å². The summed E-state index contributed by atoms with van der Waals surface area (Å²) in [4.78, 5) is 25.7. The molecule has 2 amide bonds. The molecular formula is C13H23ClN2O4. The summed E-state index contributed by atoms with van der Waals surface area (Å²) >= 11 is 5.80. The van der Waals surface area contributed by atoms with Gasteiger partial charge in [-0.25, -0.2) is 4.79 Å². The Bertz CT molecular complexity index is 364. The van der Waals surface area contributed by atoms with E-state index >= 15 is 0 Å². The normalized spacial score (nSPS) is 24.9. The number of carbonyl (C=O) groups excluding carboxylic acids is 1. The minimum absolute atomic E-state index is 0.201. The predicted octanol–water partition coefficient (Wildman–Crippen LogP) is 1.36. The zero-order valence-corrected chi connectivity index (χ0v) is 12.8. The maximum absolute atomic E-state index is 11.9. The standard InChI is InChI=1S/C13H23ClN2O4/c1-3-15(11(17)10(2)14)9-13(20)5-4-7-16(8-6-13)12(18)19/h10,20H,3-9H2,1-2H3,(H,18,19). The highest BCUT2D eigenvalue weighted by molar-refractivity contribution is 6.30. The molecule has 0 aromatic heterocycles. The number of carboxylic acid groups (broad SMARTS) is 1. The number of alkyl halides is 1. The van der Waals surface area contributed by atoms with Gasteiger partial charge in [0.25, 0.3) is 0 Å². The lowest BCUT2D eigenvalue weighted by atomic mass is 9.94. The summed E-state index contributed by atoms with van der Waals surface area (Å²) in [5.41, 5.74) is -1.04. The number of likely N-dealkylation sites (tertiary alicyclic amines) is 1. The molecule has 0 bridgehead atoms. The van der Waals surface area contributed by atoms with Gasteiger partial charge in [0.15, 0.2) is 0 Å². The SMILES string of the molecule is CCN(CC1(O)CCCN(C(=O)O)CC1)C(=O)C(C)Cl. The predicted molar refractivity (Wildman–Crippen MR) is 76.0 cm³/mol. The first kappa shape index (κ1) is 17.0. The van der Waals surface area contributed by atoms with E-state index in [9.17, 15) is 14.7 Å². The Morgan fingerprint density at radius 2 is 2.05 bits per heavy atom. The Morgan fingerprint density at radius 3 is 2.55 bits per heavy atom. The van der Waals surface area contributed by atoms with Crippen LogP contribution in [-0.2, 0) is 4.79 Å². The van der Waals surface area contributed by atoms with Gasteiger partial charge in [0.05, 0.1) is 5.60 Å². The van der Waals surface area contributed by atoms with Crippen molar-refractivity contribution in [2.75, 3.05) is 26.2 Å². The summed E-state index contributed by atoms with van der Waals surface area (Å²) in [7, 11) is 0. The second-order valence-corrected chi connectivity index (χ2v) is 5.97. The van der Waals surface area contributed by atoms with E-state index in [1.807, 2.05) is 6.92 Å². The molecule has 7 heteroatoms. The lowest BCUT2D eigenvalue weighted by molar-refractivity contribution is -0.134. The van der Waals surface area contributed by atoms with Crippen LogP contribution in [0.25, 0.3) is 0 Å². The van der Waals surface area contributed by atoms with Gasteiger partial charge < -0.3 is 20.0 Å². The number of aliphatic hydroxyl groups is 1. The first-order valence-electron chi connectivity index (χ1n) is 6.92. The van der Waals surface area contributed by atoms with Crippen LogP contribution in [0.15, 0.2) is 0 Å². The zero-order valence-electron chi connectivity index (χ0n) is 12.0. The van der Waals surface area contributed by atoms with Crippen LogP contribution < -0.4 is 0 Å². The lowest BCUT2D eigenvalue weighted by Gasteiger charge is -2.33. The summed E-state index contributed by atoms with van der Waals surface area (Å²) in [5, 5.41) is 19.0. The maximum Gasteiger partial charge on any atom is 0.407 e. The summed E-state index contributed by atoms with van der Waals surface area (Å²) in [6.07, 6.45) is 0.439. The van der Waals surface area contributed by atoms with Crippen molar-refractivity contribution in [1.82, 2.24) is 9.80 Å². The van der Waals surface area contributed by atoms with Gasteiger partial charge in [-0.2, -0.15) is 0 Å². The van der Waals surface area contributed by atoms with Gasteiger partial charge in [-0.05, 0) is 33.1 Å². The average molecular weight is 307 g/mol. The number of hydrogen-bond donors (Lipinski definition) is 2. The average Bonchev–Trinajstić information content (AvgIpc) is 2.57. The third kappa shape index (κ3) is 4.52. The van der Waals surface area contributed by atoms with Gasteiger partial charge in [-0.15, -0.1) is 11.6 Å². The first-order chi connectivity index (χ1) is 9.29. The Balaban J connectivity index is 2.69. The first-order valence-corrected chi connectivity index (χ1v) is 7.36. The Kier molecular flexibility index (Phi) is 6.07. The van der Waals surface area contributed by atoms with Gasteiger partial charge >= 0.3 is 6.09 Å². The Morgan fingerprint density at radius 1 is 1.40 bits per heavy atom. The molecule has 0 radical (unpaired) electrons. The van der Waals surface area contributed by atoms with E-state index in [2.05, 4.69) is 0 Å². The quantitative estimate of drug-likeness (QED) is 0.768. The lowest BCUT2D eigenvalue weighted by Crippen LogP contribution is -2.48. The number of carbonyl (C=O) groups is 2. The van der Waals surface area contributed by atoms with Crippen LogP contribution >= 0.6 is 11.6 Å². The monoisotopic (exact) mass is 306 g/mol. The highest BCUT2D eigenvalue weighted by Gasteiger charge is 2.34. The van der Waals surface area contributed by atoms with Crippen LogP contribution in [0.3, 0.4) is 0 Å². The van der Waals surface area contributed by atoms with Crippen LogP contribution in [0.4, 0.5) is 4.79 Å². The number of amides is 2. The van der Waals surface area contributed by atoms with Crippen molar-refractivity contribution >= 4 is 23.6 Å². The maximum atomic E-state index is 11.9. The minimum Gasteiger partial charge on any atom is -0.465 e. The van der Waals surface area contributed by atoms with Gasteiger partial charge in [-0.1, -0.05) is 0 Å². The molecule has 1 saturated heterocycles. The van der Waals surface area contributed by atoms with Crippen molar-refractivity contribution < 1.29 is 19.8 Å². The van der Waals surface area contributed by atoms with E-state index in [1.54, 1.807) is 6.92 Å². The molecule has 0 saturated carbocycles. The van der Waals surface area contributed by atoms with E-state index < -0.39 is 17.1 Å². The molecule has 2 unspecified atom stereocenters. The molecule has 6 nitrogen and oxygen atoms in total. The molecular weight excluding hydrogens is 284 g/mol. The molecule has 2 atom stereocenters. The number of halogens is 1. The molecule has 1 heterocycles. The molecule has 0 aliphatic carbocycles.